The van der Waals surface area contributed by atoms with Crippen LogP contribution in [-0.4, -0.2) is 76.2 Å². The number of aromatic nitrogens is 5. The number of nitrogens with two attached hydrogens (primary N) is 1. The Morgan fingerprint density at radius 1 is 1.03 bits per heavy atom. The van der Waals surface area contributed by atoms with Gasteiger partial charge in [0.15, 0.2) is 17.3 Å². The van der Waals surface area contributed by atoms with Crippen LogP contribution in [0.1, 0.15) is 6.42 Å². The summed E-state index contributed by atoms with van der Waals surface area (Å²) in [7, 11) is 1.59. The zero-order chi connectivity index (χ0) is 27.0. The molecule has 204 valence electrons. The van der Waals surface area contributed by atoms with Gasteiger partial charge in [0.1, 0.15) is 18.0 Å². The van der Waals surface area contributed by atoms with Gasteiger partial charge in [-0.05, 0) is 36.8 Å². The number of methoxy groups -OCH3 is 1. The van der Waals surface area contributed by atoms with Crippen molar-refractivity contribution >= 4 is 29.1 Å². The lowest BCUT2D eigenvalue weighted by Crippen LogP contribution is -2.37. The van der Waals surface area contributed by atoms with Crippen molar-refractivity contribution in [3.63, 3.8) is 0 Å². The Morgan fingerprint density at radius 2 is 1.87 bits per heavy atom. The summed E-state index contributed by atoms with van der Waals surface area (Å²) in [4.78, 5) is 15.1. The molecule has 1 aliphatic rings. The van der Waals surface area contributed by atoms with E-state index in [2.05, 4.69) is 35.6 Å². The number of ether oxygens (including phenoxy) is 3. The average molecular weight is 536 g/mol. The van der Waals surface area contributed by atoms with Gasteiger partial charge in [0.05, 0.1) is 26.9 Å². The standard InChI is InChI=1S/C26H30FN9O3/c1-37-22-15-20(6-7-21(22)39-11-3-8-35-9-12-38-13-10-35)32-26-33-25(28)36(34-26)24-16-23(29-17-30-24)31-19-5-2-4-18(27)14-19/h2,4-7,14-17H,3,8-13H2,1H3,(H,29,30,31)(H3,28,32,33,34). The van der Waals surface area contributed by atoms with Crippen molar-refractivity contribution in [2.24, 2.45) is 0 Å². The van der Waals surface area contributed by atoms with E-state index in [1.807, 2.05) is 12.1 Å². The summed E-state index contributed by atoms with van der Waals surface area (Å²) in [6.45, 7) is 5.05. The highest BCUT2D eigenvalue weighted by Crippen LogP contribution is 2.31. The van der Waals surface area contributed by atoms with Crippen LogP contribution in [0.25, 0.3) is 5.82 Å². The van der Waals surface area contributed by atoms with Crippen molar-refractivity contribution in [1.82, 2.24) is 29.6 Å². The van der Waals surface area contributed by atoms with Crippen LogP contribution in [0.5, 0.6) is 11.5 Å². The monoisotopic (exact) mass is 535 g/mol. The minimum absolute atomic E-state index is 0.125. The molecule has 0 aliphatic carbocycles. The number of benzene rings is 2. The van der Waals surface area contributed by atoms with E-state index in [9.17, 15) is 4.39 Å². The molecule has 0 radical (unpaired) electrons. The zero-order valence-corrected chi connectivity index (χ0v) is 21.5. The normalized spacial score (nSPS) is 13.7. The highest BCUT2D eigenvalue weighted by atomic mass is 19.1. The SMILES string of the molecule is COc1cc(Nc2nc(N)n(-c3cc(Nc4cccc(F)c4)ncn3)n2)ccc1OCCCN1CCOCC1. The predicted molar refractivity (Wildman–Crippen MR) is 145 cm³/mol. The first kappa shape index (κ1) is 26.1. The fourth-order valence-electron chi connectivity index (χ4n) is 4.08. The van der Waals surface area contributed by atoms with Crippen LogP contribution in [-0.2, 0) is 4.74 Å². The molecule has 0 atom stereocenters. The highest BCUT2D eigenvalue weighted by molar-refractivity contribution is 5.61. The van der Waals surface area contributed by atoms with E-state index in [0.29, 0.717) is 41.1 Å². The third-order valence-corrected chi connectivity index (χ3v) is 6.00. The molecule has 2 aromatic carbocycles. The highest BCUT2D eigenvalue weighted by Gasteiger charge is 2.14. The first-order chi connectivity index (χ1) is 19.1. The molecular weight excluding hydrogens is 505 g/mol. The van der Waals surface area contributed by atoms with Crippen LogP contribution in [0.4, 0.5) is 33.5 Å². The Balaban J connectivity index is 1.22. The number of nitrogens with one attached hydrogen (secondary N) is 2. The van der Waals surface area contributed by atoms with Gasteiger partial charge in [-0.3, -0.25) is 4.90 Å². The summed E-state index contributed by atoms with van der Waals surface area (Å²) in [6, 6.07) is 13.2. The molecule has 5 rings (SSSR count). The number of anilines is 5. The lowest BCUT2D eigenvalue weighted by molar-refractivity contribution is 0.0357. The first-order valence-corrected chi connectivity index (χ1v) is 12.5. The molecule has 0 amide bonds. The molecule has 3 heterocycles. The van der Waals surface area contributed by atoms with E-state index in [-0.39, 0.29) is 17.7 Å². The lowest BCUT2D eigenvalue weighted by atomic mass is 10.2. The summed E-state index contributed by atoms with van der Waals surface area (Å²) in [5, 5.41) is 10.6. The van der Waals surface area contributed by atoms with Crippen molar-refractivity contribution < 1.29 is 18.6 Å². The first-order valence-electron chi connectivity index (χ1n) is 12.5. The molecule has 39 heavy (non-hydrogen) atoms. The van der Waals surface area contributed by atoms with E-state index < -0.39 is 0 Å². The lowest BCUT2D eigenvalue weighted by Gasteiger charge is -2.26. The Bertz CT molecular complexity index is 1390. The fraction of sp³-hybridized carbons (Fsp3) is 0.308. The summed E-state index contributed by atoms with van der Waals surface area (Å²) < 4.78 is 31.8. The maximum Gasteiger partial charge on any atom is 0.248 e. The Kier molecular flexibility index (Phi) is 8.29. The van der Waals surface area contributed by atoms with E-state index >= 15 is 0 Å². The Hall–Kier alpha value is -4.49. The quantitative estimate of drug-likeness (QED) is 0.244. The van der Waals surface area contributed by atoms with Crippen LogP contribution in [0.3, 0.4) is 0 Å². The maximum absolute atomic E-state index is 13.5. The van der Waals surface area contributed by atoms with Crippen LogP contribution < -0.4 is 25.8 Å². The largest absolute Gasteiger partial charge is 0.493 e. The van der Waals surface area contributed by atoms with Gasteiger partial charge in [0.2, 0.25) is 11.9 Å². The van der Waals surface area contributed by atoms with E-state index in [4.69, 9.17) is 19.9 Å². The molecule has 1 aliphatic heterocycles. The van der Waals surface area contributed by atoms with E-state index in [0.717, 1.165) is 39.3 Å². The molecule has 1 fully saturated rings. The van der Waals surface area contributed by atoms with Crippen molar-refractivity contribution in [3.05, 3.63) is 60.7 Å². The number of rotatable bonds is 11. The molecule has 2 aromatic heterocycles. The second-order valence-electron chi connectivity index (χ2n) is 8.75. The topological polar surface area (TPSA) is 138 Å². The van der Waals surface area contributed by atoms with Gasteiger partial charge in [-0.25, -0.2) is 14.4 Å². The second-order valence-corrected chi connectivity index (χ2v) is 8.75. The smallest absolute Gasteiger partial charge is 0.248 e. The fourth-order valence-corrected chi connectivity index (χ4v) is 4.08. The van der Waals surface area contributed by atoms with Gasteiger partial charge in [0.25, 0.3) is 0 Å². The van der Waals surface area contributed by atoms with Crippen LogP contribution in [0.15, 0.2) is 54.9 Å². The molecular formula is C26H30FN9O3. The van der Waals surface area contributed by atoms with Gasteiger partial charge < -0.3 is 30.6 Å². The number of nitrogen functional groups attached to an aromatic ring is 1. The predicted octanol–water partition coefficient (Wildman–Crippen LogP) is 3.38. The van der Waals surface area contributed by atoms with Gasteiger partial charge in [-0.2, -0.15) is 9.67 Å². The average Bonchev–Trinajstić information content (AvgIpc) is 3.32. The maximum atomic E-state index is 13.5. The minimum Gasteiger partial charge on any atom is -0.493 e. The van der Waals surface area contributed by atoms with Crippen molar-refractivity contribution in [2.75, 3.05) is 62.9 Å². The second kappa shape index (κ2) is 12.4. The third-order valence-electron chi connectivity index (χ3n) is 6.00. The van der Waals surface area contributed by atoms with Gasteiger partial charge in [-0.15, -0.1) is 5.10 Å². The Morgan fingerprint density at radius 3 is 2.69 bits per heavy atom. The summed E-state index contributed by atoms with van der Waals surface area (Å²) in [6.07, 6.45) is 2.27. The molecule has 4 N–H and O–H groups in total. The minimum atomic E-state index is -0.356. The summed E-state index contributed by atoms with van der Waals surface area (Å²) in [5.41, 5.74) is 7.36. The molecule has 13 heteroatoms. The number of morpholine rings is 1. The molecule has 4 aromatic rings. The van der Waals surface area contributed by atoms with Crippen LogP contribution >= 0.6 is 0 Å². The van der Waals surface area contributed by atoms with E-state index in [1.54, 1.807) is 31.4 Å². The van der Waals surface area contributed by atoms with Crippen LogP contribution in [0, 0.1) is 5.82 Å². The van der Waals surface area contributed by atoms with E-state index in [1.165, 1.54) is 23.1 Å². The number of hydrogen-bond acceptors (Lipinski definition) is 11. The molecule has 12 nitrogen and oxygen atoms in total. The van der Waals surface area contributed by atoms with Crippen molar-refractivity contribution in [1.29, 1.82) is 0 Å². The van der Waals surface area contributed by atoms with Crippen molar-refractivity contribution in [2.45, 2.75) is 6.42 Å². The van der Waals surface area contributed by atoms with Crippen LogP contribution in [0.2, 0.25) is 0 Å². The third kappa shape index (κ3) is 6.89. The summed E-state index contributed by atoms with van der Waals surface area (Å²) in [5.74, 6) is 2.11. The van der Waals surface area contributed by atoms with Gasteiger partial charge in [0, 0.05) is 43.1 Å². The molecule has 0 spiro atoms. The zero-order valence-electron chi connectivity index (χ0n) is 21.5. The number of halogens is 1. The molecule has 0 unspecified atom stereocenters. The van der Waals surface area contributed by atoms with Gasteiger partial charge in [-0.1, -0.05) is 6.07 Å². The Labute approximate surface area is 224 Å². The van der Waals surface area contributed by atoms with Gasteiger partial charge >= 0.3 is 0 Å². The molecule has 0 bridgehead atoms. The molecule has 1 saturated heterocycles. The number of nitrogens with zero attached hydrogens (tertiary/aromatic N) is 6. The number of hydrogen-bond donors (Lipinski definition) is 3. The summed E-state index contributed by atoms with van der Waals surface area (Å²) >= 11 is 0. The van der Waals surface area contributed by atoms with Crippen molar-refractivity contribution in [3.8, 4) is 17.3 Å². The molecule has 0 saturated carbocycles.